The van der Waals surface area contributed by atoms with Crippen LogP contribution in [-0.4, -0.2) is 12.6 Å². The average molecular weight is 233 g/mol. The van der Waals surface area contributed by atoms with Crippen molar-refractivity contribution >= 4 is 0 Å². The Bertz CT molecular complexity index is 331. The van der Waals surface area contributed by atoms with Crippen LogP contribution in [-0.2, 0) is 17.9 Å². The molecule has 0 heterocycles. The average Bonchev–Trinajstić information content (AvgIpc) is 2.88. The molecule has 0 saturated heterocycles. The third-order valence-electron chi connectivity index (χ3n) is 3.52. The highest BCUT2D eigenvalue weighted by Crippen LogP contribution is 2.18. The van der Waals surface area contributed by atoms with Crippen LogP contribution in [0.25, 0.3) is 0 Å². The van der Waals surface area contributed by atoms with Gasteiger partial charge in [-0.2, -0.15) is 0 Å². The Morgan fingerprint density at radius 3 is 2.59 bits per heavy atom. The summed E-state index contributed by atoms with van der Waals surface area (Å²) >= 11 is 0. The van der Waals surface area contributed by atoms with Crippen molar-refractivity contribution in [2.24, 2.45) is 0 Å². The summed E-state index contributed by atoms with van der Waals surface area (Å²) < 4.78 is 5.50. The number of hydrogen-bond acceptors (Lipinski definition) is 2. The second-order valence-corrected chi connectivity index (χ2v) is 4.77. The number of rotatable bonds is 6. The second kappa shape index (κ2) is 6.77. The van der Waals surface area contributed by atoms with E-state index in [1.807, 2.05) is 6.92 Å². The zero-order valence-electron chi connectivity index (χ0n) is 10.7. The Hall–Kier alpha value is -0.860. The van der Waals surface area contributed by atoms with Crippen molar-refractivity contribution in [1.82, 2.24) is 5.32 Å². The zero-order chi connectivity index (χ0) is 11.9. The molecule has 0 amide bonds. The van der Waals surface area contributed by atoms with Gasteiger partial charge in [0, 0.05) is 19.2 Å². The highest BCUT2D eigenvalue weighted by atomic mass is 16.5. The summed E-state index contributed by atoms with van der Waals surface area (Å²) in [6, 6.07) is 9.31. The summed E-state index contributed by atoms with van der Waals surface area (Å²) in [5.41, 5.74) is 2.70. The minimum Gasteiger partial charge on any atom is -0.377 e. The van der Waals surface area contributed by atoms with Gasteiger partial charge in [0.25, 0.3) is 0 Å². The summed E-state index contributed by atoms with van der Waals surface area (Å²) in [4.78, 5) is 0. The van der Waals surface area contributed by atoms with Gasteiger partial charge in [-0.1, -0.05) is 37.1 Å². The monoisotopic (exact) mass is 233 g/mol. The van der Waals surface area contributed by atoms with Gasteiger partial charge >= 0.3 is 0 Å². The Morgan fingerprint density at radius 1 is 1.18 bits per heavy atom. The Morgan fingerprint density at radius 2 is 1.88 bits per heavy atom. The van der Waals surface area contributed by atoms with Crippen molar-refractivity contribution in [3.8, 4) is 0 Å². The molecule has 1 aliphatic carbocycles. The van der Waals surface area contributed by atoms with Gasteiger partial charge in [-0.15, -0.1) is 0 Å². The van der Waals surface area contributed by atoms with Crippen LogP contribution in [0.5, 0.6) is 0 Å². The molecule has 1 aromatic carbocycles. The first-order valence-corrected chi connectivity index (χ1v) is 6.78. The van der Waals surface area contributed by atoms with Crippen molar-refractivity contribution in [2.45, 2.75) is 51.8 Å². The molecule has 0 aliphatic heterocycles. The van der Waals surface area contributed by atoms with E-state index in [0.717, 1.165) is 25.8 Å². The number of ether oxygens (including phenoxy) is 1. The van der Waals surface area contributed by atoms with Crippen LogP contribution in [0.15, 0.2) is 24.3 Å². The number of nitrogens with one attached hydrogen (secondary N) is 1. The fourth-order valence-electron chi connectivity index (χ4n) is 2.47. The predicted octanol–water partition coefficient (Wildman–Crippen LogP) is 3.26. The van der Waals surface area contributed by atoms with Crippen LogP contribution in [0.3, 0.4) is 0 Å². The van der Waals surface area contributed by atoms with Crippen molar-refractivity contribution in [1.29, 1.82) is 0 Å². The Balaban J connectivity index is 1.89. The molecule has 1 saturated carbocycles. The highest BCUT2D eigenvalue weighted by Gasteiger charge is 2.14. The first-order chi connectivity index (χ1) is 8.40. The Kier molecular flexibility index (Phi) is 5.02. The molecule has 17 heavy (non-hydrogen) atoms. The molecule has 0 radical (unpaired) electrons. The lowest BCUT2D eigenvalue weighted by Crippen LogP contribution is -2.25. The van der Waals surface area contributed by atoms with Gasteiger partial charge < -0.3 is 10.1 Å². The maximum Gasteiger partial charge on any atom is 0.0719 e. The summed E-state index contributed by atoms with van der Waals surface area (Å²) in [6.45, 7) is 4.54. The van der Waals surface area contributed by atoms with E-state index >= 15 is 0 Å². The Labute approximate surface area is 104 Å². The summed E-state index contributed by atoms with van der Waals surface area (Å²) in [6.07, 6.45) is 5.46. The van der Waals surface area contributed by atoms with Crippen molar-refractivity contribution in [3.63, 3.8) is 0 Å². The zero-order valence-corrected chi connectivity index (χ0v) is 10.7. The molecule has 0 bridgehead atoms. The molecule has 1 aliphatic rings. The third kappa shape index (κ3) is 3.83. The largest absolute Gasteiger partial charge is 0.377 e. The summed E-state index contributed by atoms with van der Waals surface area (Å²) in [7, 11) is 0. The molecular weight excluding hydrogens is 210 g/mol. The van der Waals surface area contributed by atoms with E-state index in [-0.39, 0.29) is 0 Å². The lowest BCUT2D eigenvalue weighted by molar-refractivity contribution is 0.133. The lowest BCUT2D eigenvalue weighted by atomic mass is 10.1. The molecule has 94 valence electrons. The maximum atomic E-state index is 5.50. The SMILES string of the molecule is CCOCc1ccccc1CNC1CCCC1. The van der Waals surface area contributed by atoms with Gasteiger partial charge in [0.2, 0.25) is 0 Å². The van der Waals surface area contributed by atoms with Crippen molar-refractivity contribution < 1.29 is 4.74 Å². The summed E-state index contributed by atoms with van der Waals surface area (Å²) in [5, 5.41) is 3.66. The number of hydrogen-bond donors (Lipinski definition) is 1. The van der Waals surface area contributed by atoms with Crippen LogP contribution in [0.2, 0.25) is 0 Å². The first-order valence-electron chi connectivity index (χ1n) is 6.78. The van der Waals surface area contributed by atoms with E-state index in [2.05, 4.69) is 29.6 Å². The lowest BCUT2D eigenvalue weighted by Gasteiger charge is -2.14. The molecule has 0 atom stereocenters. The predicted molar refractivity (Wildman–Crippen MR) is 70.9 cm³/mol. The minimum atomic E-state index is 0.732. The van der Waals surface area contributed by atoms with E-state index in [0.29, 0.717) is 0 Å². The van der Waals surface area contributed by atoms with E-state index in [1.54, 1.807) is 0 Å². The fourth-order valence-corrected chi connectivity index (χ4v) is 2.47. The minimum absolute atomic E-state index is 0.732. The topological polar surface area (TPSA) is 21.3 Å². The molecule has 0 unspecified atom stereocenters. The first kappa shape index (κ1) is 12.6. The van der Waals surface area contributed by atoms with Crippen molar-refractivity contribution in [3.05, 3.63) is 35.4 Å². The van der Waals surface area contributed by atoms with Gasteiger partial charge in [0.05, 0.1) is 6.61 Å². The van der Waals surface area contributed by atoms with Crippen LogP contribution < -0.4 is 5.32 Å². The van der Waals surface area contributed by atoms with Crippen LogP contribution >= 0.6 is 0 Å². The fraction of sp³-hybridized carbons (Fsp3) is 0.600. The molecule has 2 nitrogen and oxygen atoms in total. The van der Waals surface area contributed by atoms with Crippen LogP contribution in [0.4, 0.5) is 0 Å². The highest BCUT2D eigenvalue weighted by molar-refractivity contribution is 5.26. The van der Waals surface area contributed by atoms with E-state index in [9.17, 15) is 0 Å². The quantitative estimate of drug-likeness (QED) is 0.814. The van der Waals surface area contributed by atoms with Crippen LogP contribution in [0, 0.1) is 0 Å². The molecule has 2 rings (SSSR count). The van der Waals surface area contributed by atoms with Crippen molar-refractivity contribution in [2.75, 3.05) is 6.61 Å². The molecule has 2 heteroatoms. The number of benzene rings is 1. The van der Waals surface area contributed by atoms with E-state index in [1.165, 1.54) is 36.8 Å². The van der Waals surface area contributed by atoms with Gasteiger partial charge in [0.15, 0.2) is 0 Å². The van der Waals surface area contributed by atoms with E-state index < -0.39 is 0 Å². The van der Waals surface area contributed by atoms with Gasteiger partial charge in [0.1, 0.15) is 0 Å². The normalized spacial score (nSPS) is 16.5. The molecular formula is C15H23NO. The molecule has 1 aromatic rings. The van der Waals surface area contributed by atoms with E-state index in [4.69, 9.17) is 4.74 Å². The third-order valence-corrected chi connectivity index (χ3v) is 3.52. The second-order valence-electron chi connectivity index (χ2n) is 4.77. The molecule has 1 fully saturated rings. The van der Waals surface area contributed by atoms with Gasteiger partial charge in [-0.3, -0.25) is 0 Å². The molecule has 1 N–H and O–H groups in total. The smallest absolute Gasteiger partial charge is 0.0719 e. The van der Waals surface area contributed by atoms with Gasteiger partial charge in [-0.05, 0) is 30.9 Å². The molecule has 0 aromatic heterocycles. The maximum absolute atomic E-state index is 5.50. The van der Waals surface area contributed by atoms with Crippen LogP contribution in [0.1, 0.15) is 43.7 Å². The summed E-state index contributed by atoms with van der Waals surface area (Å²) in [5.74, 6) is 0. The van der Waals surface area contributed by atoms with Gasteiger partial charge in [-0.25, -0.2) is 0 Å². The standard InChI is InChI=1S/C15H23NO/c1-2-17-12-14-8-4-3-7-13(14)11-16-15-9-5-6-10-15/h3-4,7-8,15-16H,2,5-6,9-12H2,1H3. The molecule has 0 spiro atoms.